The maximum absolute atomic E-state index is 14.6. The third-order valence-electron chi connectivity index (χ3n) is 5.70. The van der Waals surface area contributed by atoms with E-state index in [1.54, 1.807) is 23.0 Å². The van der Waals surface area contributed by atoms with Gasteiger partial charge in [-0.25, -0.2) is 9.37 Å². The van der Waals surface area contributed by atoms with Gasteiger partial charge in [-0.1, -0.05) is 5.16 Å². The molecule has 2 unspecified atom stereocenters. The predicted octanol–water partition coefficient (Wildman–Crippen LogP) is 3.40. The first-order valence-corrected chi connectivity index (χ1v) is 9.45. The minimum Gasteiger partial charge on any atom is -0.489 e. The number of hydrogen-bond acceptors (Lipinski definition) is 7. The van der Waals surface area contributed by atoms with E-state index >= 15 is 0 Å². The Morgan fingerprint density at radius 1 is 1.31 bits per heavy atom. The molecule has 0 amide bonds. The molecule has 8 nitrogen and oxygen atoms in total. The van der Waals surface area contributed by atoms with Crippen molar-refractivity contribution in [3.05, 3.63) is 53.1 Å². The largest absolute Gasteiger partial charge is 0.489 e. The Morgan fingerprint density at radius 2 is 2.21 bits per heavy atom. The third-order valence-corrected chi connectivity index (χ3v) is 5.70. The lowest BCUT2D eigenvalue weighted by molar-refractivity contribution is 0.318. The molecule has 6 rings (SSSR count). The van der Waals surface area contributed by atoms with Crippen molar-refractivity contribution in [1.82, 2.24) is 24.7 Å². The number of nitrogens with zero attached hydrogens (tertiary/aromatic N) is 5. The van der Waals surface area contributed by atoms with Gasteiger partial charge in [0.25, 0.3) is 0 Å². The number of rotatable bonds is 4. The zero-order chi connectivity index (χ0) is 19.7. The summed E-state index contributed by atoms with van der Waals surface area (Å²) < 4.78 is 27.4. The molecule has 29 heavy (non-hydrogen) atoms. The molecule has 9 heteroatoms. The quantitative estimate of drug-likeness (QED) is 0.569. The molecule has 0 spiro atoms. The van der Waals surface area contributed by atoms with E-state index in [1.807, 2.05) is 13.8 Å². The molecule has 1 saturated carbocycles. The molecular formula is C20H17FN6O2. The summed E-state index contributed by atoms with van der Waals surface area (Å²) in [7, 11) is 0. The number of nitrogens with one attached hydrogen (secondary N) is 1. The van der Waals surface area contributed by atoms with Crippen molar-refractivity contribution >= 4 is 11.6 Å². The first-order chi connectivity index (χ1) is 14.1. The molecule has 3 aromatic heterocycles. The molecule has 1 aliphatic heterocycles. The highest BCUT2D eigenvalue weighted by atomic mass is 19.1. The summed E-state index contributed by atoms with van der Waals surface area (Å²) in [6.45, 7) is 4.02. The van der Waals surface area contributed by atoms with Crippen LogP contribution in [-0.4, -0.2) is 30.8 Å². The van der Waals surface area contributed by atoms with Crippen molar-refractivity contribution < 1.29 is 13.7 Å². The second-order valence-electron chi connectivity index (χ2n) is 7.51. The van der Waals surface area contributed by atoms with E-state index in [0.717, 1.165) is 34.6 Å². The Labute approximate surface area is 164 Å². The Bertz CT molecular complexity index is 1260. The predicted molar refractivity (Wildman–Crippen MR) is 101 cm³/mol. The summed E-state index contributed by atoms with van der Waals surface area (Å²) in [6, 6.07) is 3.18. The molecule has 2 atom stereocenters. The molecule has 0 saturated heterocycles. The number of ether oxygens (including phenoxy) is 1. The van der Waals surface area contributed by atoms with E-state index in [4.69, 9.17) is 9.26 Å². The Hall–Kier alpha value is -3.49. The van der Waals surface area contributed by atoms with Gasteiger partial charge in [-0.3, -0.25) is 4.40 Å². The van der Waals surface area contributed by atoms with Crippen molar-refractivity contribution in [2.75, 3.05) is 5.32 Å². The topological polar surface area (TPSA) is 90.4 Å². The Morgan fingerprint density at radius 3 is 3.03 bits per heavy atom. The first kappa shape index (κ1) is 16.5. The molecular weight excluding hydrogens is 375 g/mol. The minimum absolute atomic E-state index is 0.211. The van der Waals surface area contributed by atoms with Crippen LogP contribution in [0.3, 0.4) is 0 Å². The number of halogens is 1. The molecule has 0 radical (unpaired) electrons. The molecule has 4 aromatic rings. The molecule has 1 aromatic carbocycles. The highest BCUT2D eigenvalue weighted by molar-refractivity contribution is 5.80. The monoisotopic (exact) mass is 392 g/mol. The minimum atomic E-state index is -0.236. The van der Waals surface area contributed by atoms with Crippen LogP contribution in [0.15, 0.2) is 29.2 Å². The van der Waals surface area contributed by atoms with Crippen LogP contribution in [-0.2, 0) is 6.54 Å². The molecule has 1 aliphatic carbocycles. The number of benzene rings is 1. The van der Waals surface area contributed by atoms with Crippen molar-refractivity contribution in [2.45, 2.75) is 38.8 Å². The van der Waals surface area contributed by atoms with Crippen LogP contribution in [0, 0.1) is 19.7 Å². The van der Waals surface area contributed by atoms with Gasteiger partial charge in [-0.15, -0.1) is 10.2 Å². The zero-order valence-electron chi connectivity index (χ0n) is 15.8. The van der Waals surface area contributed by atoms with Crippen LogP contribution in [0.1, 0.15) is 34.9 Å². The van der Waals surface area contributed by atoms with Gasteiger partial charge >= 0.3 is 0 Å². The molecule has 4 heterocycles. The zero-order valence-corrected chi connectivity index (χ0v) is 15.8. The second-order valence-corrected chi connectivity index (χ2v) is 7.51. The van der Waals surface area contributed by atoms with Gasteiger partial charge in [0.2, 0.25) is 5.95 Å². The van der Waals surface area contributed by atoms with Crippen molar-refractivity contribution in [3.63, 3.8) is 0 Å². The summed E-state index contributed by atoms with van der Waals surface area (Å²) in [4.78, 5) is 4.53. The van der Waals surface area contributed by atoms with Crippen LogP contribution < -0.4 is 10.1 Å². The van der Waals surface area contributed by atoms with E-state index < -0.39 is 0 Å². The number of hydrogen-bond donors (Lipinski definition) is 1. The van der Waals surface area contributed by atoms with E-state index in [-0.39, 0.29) is 11.9 Å². The van der Waals surface area contributed by atoms with Crippen LogP contribution in [0.25, 0.3) is 16.8 Å². The van der Waals surface area contributed by atoms with Crippen LogP contribution in [0.5, 0.6) is 5.75 Å². The molecule has 146 valence electrons. The van der Waals surface area contributed by atoms with E-state index in [2.05, 4.69) is 25.7 Å². The SMILES string of the molecule is Cc1noc(C)c1-c1cnc(NCc2c(F)ccc3c2C2CC2O3)n2cnnc12. The summed E-state index contributed by atoms with van der Waals surface area (Å²) in [5.41, 5.74) is 4.63. The van der Waals surface area contributed by atoms with Gasteiger partial charge in [-0.2, -0.15) is 0 Å². The molecule has 1 N–H and O–H groups in total. The van der Waals surface area contributed by atoms with Crippen molar-refractivity contribution in [3.8, 4) is 16.9 Å². The lowest BCUT2D eigenvalue weighted by Crippen LogP contribution is -2.10. The van der Waals surface area contributed by atoms with Gasteiger partial charge in [0.1, 0.15) is 29.8 Å². The van der Waals surface area contributed by atoms with Crippen molar-refractivity contribution in [1.29, 1.82) is 0 Å². The summed E-state index contributed by atoms with van der Waals surface area (Å²) >= 11 is 0. The fraction of sp³-hybridized carbons (Fsp3) is 0.300. The number of aromatic nitrogens is 5. The average Bonchev–Trinajstić information content (AvgIpc) is 3.05. The normalized spacial score (nSPS) is 19.1. The second kappa shape index (κ2) is 5.76. The molecule has 0 bridgehead atoms. The van der Waals surface area contributed by atoms with Crippen LogP contribution in [0.4, 0.5) is 10.3 Å². The van der Waals surface area contributed by atoms with Gasteiger partial charge < -0.3 is 14.6 Å². The number of fused-ring (bicyclic) bond motifs is 4. The Balaban J connectivity index is 1.37. The van der Waals surface area contributed by atoms with Gasteiger partial charge in [0.15, 0.2) is 5.65 Å². The third kappa shape index (κ3) is 2.36. The van der Waals surface area contributed by atoms with Crippen molar-refractivity contribution in [2.24, 2.45) is 0 Å². The lowest BCUT2D eigenvalue weighted by Gasteiger charge is -2.13. The maximum atomic E-state index is 14.6. The van der Waals surface area contributed by atoms with Crippen LogP contribution >= 0.6 is 0 Å². The first-order valence-electron chi connectivity index (χ1n) is 9.45. The number of aryl methyl sites for hydroxylation is 2. The highest BCUT2D eigenvalue weighted by Gasteiger charge is 2.49. The number of anilines is 1. The fourth-order valence-electron chi connectivity index (χ4n) is 4.24. The van der Waals surface area contributed by atoms with E-state index in [0.29, 0.717) is 35.4 Å². The van der Waals surface area contributed by atoms with Gasteiger partial charge in [0.05, 0.1) is 16.8 Å². The highest BCUT2D eigenvalue weighted by Crippen LogP contribution is 2.55. The average molecular weight is 392 g/mol. The molecule has 1 fully saturated rings. The lowest BCUT2D eigenvalue weighted by atomic mass is 10.0. The summed E-state index contributed by atoms with van der Waals surface area (Å²) in [5.74, 6) is 2.09. The Kier molecular flexibility index (Phi) is 3.27. The molecule has 2 aliphatic rings. The van der Waals surface area contributed by atoms with E-state index in [9.17, 15) is 4.39 Å². The van der Waals surface area contributed by atoms with E-state index in [1.165, 1.54) is 6.07 Å². The standard InChI is InChI=1S/C20H17FN6O2/c1-9-17(10(2)29-26-9)13-7-23-20(27-8-24-25-19(13)27)22-6-12-14(21)3-4-15-18(12)11-5-16(11)28-15/h3-4,7-8,11,16H,5-6H2,1-2H3,(H,22,23). The fourth-order valence-corrected chi connectivity index (χ4v) is 4.24. The van der Waals surface area contributed by atoms with Gasteiger partial charge in [0, 0.05) is 29.8 Å². The van der Waals surface area contributed by atoms with Gasteiger partial charge in [-0.05, 0) is 32.4 Å². The summed E-state index contributed by atoms with van der Waals surface area (Å²) in [5, 5.41) is 15.5. The smallest absolute Gasteiger partial charge is 0.210 e. The van der Waals surface area contributed by atoms with Crippen LogP contribution in [0.2, 0.25) is 0 Å². The maximum Gasteiger partial charge on any atom is 0.210 e. The summed E-state index contributed by atoms with van der Waals surface area (Å²) in [6.07, 6.45) is 4.47.